The van der Waals surface area contributed by atoms with Crippen LogP contribution < -0.4 is 9.80 Å². The van der Waals surface area contributed by atoms with Crippen molar-refractivity contribution in [2.45, 2.75) is 63.4 Å². The maximum absolute atomic E-state index is 6.07. The Hall–Kier alpha value is -1.90. The number of nitrogens with zero attached hydrogens (tertiary/aromatic N) is 5. The Bertz CT molecular complexity index is 896. The van der Waals surface area contributed by atoms with Crippen molar-refractivity contribution in [1.82, 2.24) is 14.8 Å². The molecule has 2 bridgehead atoms. The molecule has 4 aliphatic heterocycles. The number of hydrogen-bond donors (Lipinski definition) is 0. The van der Waals surface area contributed by atoms with Crippen LogP contribution in [0.25, 0.3) is 11.0 Å². The molecule has 8 nitrogen and oxygen atoms in total. The van der Waals surface area contributed by atoms with Gasteiger partial charge in [0, 0.05) is 25.3 Å². The van der Waals surface area contributed by atoms with E-state index in [4.69, 9.17) is 24.3 Å². The summed E-state index contributed by atoms with van der Waals surface area (Å²) in [5.74, 6) is 1.06. The first-order chi connectivity index (χ1) is 14.8. The maximum atomic E-state index is 6.07. The molecule has 0 N–H and O–H groups in total. The van der Waals surface area contributed by atoms with Crippen molar-refractivity contribution in [3.05, 3.63) is 12.3 Å². The van der Waals surface area contributed by atoms with Crippen molar-refractivity contribution in [1.29, 1.82) is 0 Å². The Balaban J connectivity index is 1.48. The number of rotatable bonds is 3. The van der Waals surface area contributed by atoms with Crippen LogP contribution in [0, 0.1) is 0 Å². The van der Waals surface area contributed by atoms with Gasteiger partial charge < -0.3 is 24.0 Å². The zero-order chi connectivity index (χ0) is 20.1. The summed E-state index contributed by atoms with van der Waals surface area (Å²) in [5.41, 5.74) is 2.16. The predicted octanol–water partition coefficient (Wildman–Crippen LogP) is 2.72. The largest absolute Gasteiger partial charge is 0.377 e. The maximum Gasteiger partial charge on any atom is 0.164 e. The molecule has 6 rings (SSSR count). The van der Waals surface area contributed by atoms with Crippen LogP contribution >= 0.6 is 0 Å². The van der Waals surface area contributed by atoms with Crippen LogP contribution in [0.2, 0.25) is 0 Å². The molecule has 4 saturated heterocycles. The molecular weight excluding hydrogens is 382 g/mol. The van der Waals surface area contributed by atoms with Crippen molar-refractivity contribution in [2.75, 3.05) is 49.4 Å². The van der Waals surface area contributed by atoms with Crippen molar-refractivity contribution < 1.29 is 14.2 Å². The number of hydrogen-bond acceptors (Lipinski definition) is 7. The molecule has 3 unspecified atom stereocenters. The second-order valence-electron chi connectivity index (χ2n) is 9.09. The van der Waals surface area contributed by atoms with E-state index >= 15 is 0 Å². The molecule has 0 aliphatic carbocycles. The predicted molar refractivity (Wildman–Crippen MR) is 114 cm³/mol. The fourth-order valence-corrected chi connectivity index (χ4v) is 5.57. The van der Waals surface area contributed by atoms with Crippen LogP contribution in [0.4, 0.5) is 11.5 Å². The van der Waals surface area contributed by atoms with Gasteiger partial charge in [0.15, 0.2) is 11.9 Å². The molecular formula is C22H31N5O3. The van der Waals surface area contributed by atoms with E-state index in [1.807, 2.05) is 10.9 Å². The molecule has 4 atom stereocenters. The zero-order valence-corrected chi connectivity index (χ0v) is 17.7. The topological polar surface area (TPSA) is 64.9 Å². The lowest BCUT2D eigenvalue weighted by Crippen LogP contribution is -2.47. The normalized spacial score (nSPS) is 32.2. The Kier molecular flexibility index (Phi) is 4.81. The molecule has 2 aromatic heterocycles. The number of pyridine rings is 1. The van der Waals surface area contributed by atoms with Gasteiger partial charge in [-0.3, -0.25) is 0 Å². The smallest absolute Gasteiger partial charge is 0.164 e. The summed E-state index contributed by atoms with van der Waals surface area (Å²) >= 11 is 0. The molecule has 8 heteroatoms. The molecule has 2 aromatic rings. The molecule has 6 heterocycles. The quantitative estimate of drug-likeness (QED) is 0.767. The van der Waals surface area contributed by atoms with E-state index in [2.05, 4.69) is 22.8 Å². The second-order valence-corrected chi connectivity index (χ2v) is 9.09. The molecule has 30 heavy (non-hydrogen) atoms. The summed E-state index contributed by atoms with van der Waals surface area (Å²) < 4.78 is 19.6. The number of morpholine rings is 2. The van der Waals surface area contributed by atoms with Crippen molar-refractivity contribution in [2.24, 2.45) is 0 Å². The lowest BCUT2D eigenvalue weighted by atomic mass is 10.1. The summed E-state index contributed by atoms with van der Waals surface area (Å²) in [6.45, 7) is 7.02. The van der Waals surface area contributed by atoms with Crippen LogP contribution in [0.1, 0.15) is 45.3 Å². The number of anilines is 2. The summed E-state index contributed by atoms with van der Waals surface area (Å²) in [6.07, 6.45) is 7.62. The third-order valence-corrected chi connectivity index (χ3v) is 7.14. The lowest BCUT2D eigenvalue weighted by Gasteiger charge is -2.38. The number of ether oxygens (including phenoxy) is 3. The van der Waals surface area contributed by atoms with Gasteiger partial charge in [-0.25, -0.2) is 9.67 Å². The molecule has 0 saturated carbocycles. The highest BCUT2D eigenvalue weighted by Gasteiger charge is 2.39. The van der Waals surface area contributed by atoms with E-state index < -0.39 is 0 Å². The van der Waals surface area contributed by atoms with Crippen LogP contribution in [0.15, 0.2) is 12.3 Å². The van der Waals surface area contributed by atoms with E-state index in [-0.39, 0.29) is 6.23 Å². The van der Waals surface area contributed by atoms with E-state index in [1.54, 1.807) is 0 Å². The van der Waals surface area contributed by atoms with Gasteiger partial charge in [-0.1, -0.05) is 0 Å². The average molecular weight is 414 g/mol. The van der Waals surface area contributed by atoms with Crippen LogP contribution in [0.5, 0.6) is 0 Å². The average Bonchev–Trinajstić information content (AvgIpc) is 3.32. The monoisotopic (exact) mass is 413 g/mol. The Morgan fingerprint density at radius 2 is 1.87 bits per heavy atom. The summed E-state index contributed by atoms with van der Waals surface area (Å²) in [5, 5.41) is 5.88. The number of fused-ring (bicyclic) bond motifs is 3. The van der Waals surface area contributed by atoms with E-state index in [0.717, 1.165) is 69.3 Å². The third kappa shape index (κ3) is 3.08. The highest BCUT2D eigenvalue weighted by atomic mass is 16.5. The van der Waals surface area contributed by atoms with Gasteiger partial charge in [-0.05, 0) is 39.0 Å². The van der Waals surface area contributed by atoms with Gasteiger partial charge in [0.05, 0.1) is 55.8 Å². The summed E-state index contributed by atoms with van der Waals surface area (Å²) in [6, 6.07) is 3.46. The molecule has 0 spiro atoms. The van der Waals surface area contributed by atoms with Crippen LogP contribution in [-0.4, -0.2) is 72.5 Å². The van der Waals surface area contributed by atoms with Gasteiger partial charge in [-0.15, -0.1) is 0 Å². The first-order valence-corrected chi connectivity index (χ1v) is 11.5. The van der Waals surface area contributed by atoms with E-state index in [0.29, 0.717) is 18.1 Å². The summed E-state index contributed by atoms with van der Waals surface area (Å²) in [7, 11) is 0. The lowest BCUT2D eigenvalue weighted by molar-refractivity contribution is -0.0370. The van der Waals surface area contributed by atoms with E-state index in [1.165, 1.54) is 24.9 Å². The molecule has 0 amide bonds. The van der Waals surface area contributed by atoms with Gasteiger partial charge in [0.2, 0.25) is 0 Å². The van der Waals surface area contributed by atoms with Crippen molar-refractivity contribution in [3.8, 4) is 0 Å². The SMILES string of the molecule is C[C@@H]1COCCN1c1cc(N2C3CCC2COC3)nc2c1cnn2C1CCCCO1. The van der Waals surface area contributed by atoms with E-state index in [9.17, 15) is 0 Å². The summed E-state index contributed by atoms with van der Waals surface area (Å²) in [4.78, 5) is 10.2. The fourth-order valence-electron chi connectivity index (χ4n) is 5.57. The van der Waals surface area contributed by atoms with Crippen LogP contribution in [-0.2, 0) is 14.2 Å². The minimum absolute atomic E-state index is 0.0182. The first kappa shape index (κ1) is 18.8. The first-order valence-electron chi connectivity index (χ1n) is 11.5. The molecule has 4 fully saturated rings. The highest BCUT2D eigenvalue weighted by molar-refractivity contribution is 5.92. The Morgan fingerprint density at radius 3 is 2.63 bits per heavy atom. The van der Waals surface area contributed by atoms with Gasteiger partial charge in [-0.2, -0.15) is 5.10 Å². The zero-order valence-electron chi connectivity index (χ0n) is 17.7. The van der Waals surface area contributed by atoms with Crippen LogP contribution in [0.3, 0.4) is 0 Å². The number of aromatic nitrogens is 3. The fraction of sp³-hybridized carbons (Fsp3) is 0.727. The minimum atomic E-state index is -0.0182. The van der Waals surface area contributed by atoms with Crippen molar-refractivity contribution in [3.63, 3.8) is 0 Å². The highest BCUT2D eigenvalue weighted by Crippen LogP contribution is 2.39. The van der Waals surface area contributed by atoms with Gasteiger partial charge in [0.1, 0.15) is 5.82 Å². The third-order valence-electron chi connectivity index (χ3n) is 7.14. The molecule has 4 aliphatic rings. The molecule has 0 aromatic carbocycles. The van der Waals surface area contributed by atoms with Gasteiger partial charge in [0.25, 0.3) is 0 Å². The molecule has 162 valence electrons. The van der Waals surface area contributed by atoms with Gasteiger partial charge >= 0.3 is 0 Å². The Morgan fingerprint density at radius 1 is 1.00 bits per heavy atom. The molecule has 0 radical (unpaired) electrons. The Labute approximate surface area is 177 Å². The second kappa shape index (κ2) is 7.66. The standard InChI is InChI=1S/C22H31N5O3/c1-15-12-28-9-7-25(15)19-10-20(26-16-5-6-17(26)14-29-13-16)24-22-18(19)11-23-27(22)21-4-2-3-8-30-21/h10-11,15-17,21H,2-9,12-14H2,1H3/t15-,16?,17?,21?/m1/s1. The van der Waals surface area contributed by atoms with Crippen molar-refractivity contribution >= 4 is 22.5 Å². The minimum Gasteiger partial charge on any atom is -0.377 e.